The molecule has 2 aromatic heterocycles. The van der Waals surface area contributed by atoms with Gasteiger partial charge in [-0.2, -0.15) is 4.98 Å². The van der Waals surface area contributed by atoms with Gasteiger partial charge in [-0.25, -0.2) is 13.9 Å². The number of nitrogens with zero attached hydrogens (tertiary/aromatic N) is 4. The lowest BCUT2D eigenvalue weighted by Gasteiger charge is -2.30. The summed E-state index contributed by atoms with van der Waals surface area (Å²) in [6.45, 7) is 7.21. The summed E-state index contributed by atoms with van der Waals surface area (Å²) in [4.78, 5) is 31.7. The number of amides is 1. The molecule has 3 aromatic rings. The number of carbonyl (C=O) groups is 2. The fourth-order valence-electron chi connectivity index (χ4n) is 3.16. The van der Waals surface area contributed by atoms with Gasteiger partial charge in [0.2, 0.25) is 0 Å². The van der Waals surface area contributed by atoms with Crippen LogP contribution in [0.15, 0.2) is 41.8 Å². The minimum Gasteiger partial charge on any atom is -0.450 e. The molecule has 0 N–H and O–H groups in total. The average Bonchev–Trinajstić information content (AvgIpc) is 3.35. The lowest BCUT2D eigenvalue weighted by atomic mass is 10.2. The zero-order valence-electron chi connectivity index (χ0n) is 17.2. The number of halogens is 1. The molecule has 7 nitrogen and oxygen atoms in total. The van der Waals surface area contributed by atoms with Crippen LogP contribution in [0.25, 0.3) is 16.4 Å². The SMILES string of the molecule is CC(C)N(C(=O)COC(=O)c1nc(-c2cccs2)n(-c2ccc(F)cc2)n1)C(C)C. The zero-order valence-corrected chi connectivity index (χ0v) is 18.0. The molecule has 0 atom stereocenters. The third-order valence-electron chi connectivity index (χ3n) is 4.33. The lowest BCUT2D eigenvalue weighted by molar-refractivity contribution is -0.138. The van der Waals surface area contributed by atoms with Crippen molar-refractivity contribution in [2.24, 2.45) is 0 Å². The van der Waals surface area contributed by atoms with Crippen molar-refractivity contribution in [3.05, 3.63) is 53.4 Å². The van der Waals surface area contributed by atoms with Gasteiger partial charge in [-0.05, 0) is 63.4 Å². The van der Waals surface area contributed by atoms with Crippen LogP contribution >= 0.6 is 11.3 Å². The number of hydrogen-bond acceptors (Lipinski definition) is 6. The van der Waals surface area contributed by atoms with Gasteiger partial charge in [-0.3, -0.25) is 4.79 Å². The quantitative estimate of drug-likeness (QED) is 0.531. The maximum Gasteiger partial charge on any atom is 0.378 e. The van der Waals surface area contributed by atoms with Crippen molar-refractivity contribution in [1.82, 2.24) is 19.7 Å². The molecule has 0 unspecified atom stereocenters. The summed E-state index contributed by atoms with van der Waals surface area (Å²) in [5.41, 5.74) is 0.549. The third-order valence-corrected chi connectivity index (χ3v) is 5.20. The Hall–Kier alpha value is -3.07. The minimum atomic E-state index is -0.797. The molecule has 30 heavy (non-hydrogen) atoms. The highest BCUT2D eigenvalue weighted by molar-refractivity contribution is 7.13. The summed E-state index contributed by atoms with van der Waals surface area (Å²) in [6.07, 6.45) is 0. The summed E-state index contributed by atoms with van der Waals surface area (Å²) in [5.74, 6) is -1.20. The molecule has 0 saturated carbocycles. The van der Waals surface area contributed by atoms with E-state index in [1.54, 1.807) is 17.0 Å². The zero-order chi connectivity index (χ0) is 21.8. The molecular formula is C21H23FN4O3S. The Morgan fingerprint density at radius 1 is 1.13 bits per heavy atom. The Morgan fingerprint density at radius 2 is 1.80 bits per heavy atom. The monoisotopic (exact) mass is 430 g/mol. The van der Waals surface area contributed by atoms with Gasteiger partial charge >= 0.3 is 5.97 Å². The molecule has 0 saturated heterocycles. The lowest BCUT2D eigenvalue weighted by Crippen LogP contribution is -2.44. The van der Waals surface area contributed by atoms with E-state index in [1.165, 1.54) is 28.2 Å². The molecule has 158 valence electrons. The van der Waals surface area contributed by atoms with Crippen LogP contribution in [0.1, 0.15) is 38.3 Å². The van der Waals surface area contributed by atoms with Crippen LogP contribution in [0.4, 0.5) is 4.39 Å². The molecule has 2 heterocycles. The summed E-state index contributed by atoms with van der Waals surface area (Å²) in [7, 11) is 0. The van der Waals surface area contributed by atoms with Gasteiger partial charge < -0.3 is 9.64 Å². The number of aromatic nitrogens is 3. The standard InChI is InChI=1S/C21H23FN4O3S/c1-13(2)25(14(3)4)18(27)12-29-21(28)19-23-20(17-6-5-11-30-17)26(24-19)16-9-7-15(22)8-10-16/h5-11,13-14H,12H2,1-4H3. The van der Waals surface area contributed by atoms with E-state index in [9.17, 15) is 14.0 Å². The molecule has 0 aliphatic heterocycles. The predicted molar refractivity (Wildman–Crippen MR) is 112 cm³/mol. The van der Waals surface area contributed by atoms with Crippen LogP contribution in [-0.2, 0) is 9.53 Å². The van der Waals surface area contributed by atoms with Gasteiger partial charge in [0.15, 0.2) is 12.4 Å². The van der Waals surface area contributed by atoms with E-state index in [0.717, 1.165) is 4.88 Å². The van der Waals surface area contributed by atoms with Gasteiger partial charge in [0.1, 0.15) is 5.82 Å². The normalized spacial score (nSPS) is 11.2. The van der Waals surface area contributed by atoms with E-state index in [2.05, 4.69) is 10.1 Å². The van der Waals surface area contributed by atoms with Crippen molar-refractivity contribution in [2.45, 2.75) is 39.8 Å². The van der Waals surface area contributed by atoms with Crippen LogP contribution in [-0.4, -0.2) is 50.2 Å². The van der Waals surface area contributed by atoms with Crippen molar-refractivity contribution in [3.8, 4) is 16.4 Å². The van der Waals surface area contributed by atoms with Crippen LogP contribution in [0.5, 0.6) is 0 Å². The fourth-order valence-corrected chi connectivity index (χ4v) is 3.86. The molecule has 0 aliphatic carbocycles. The second-order valence-corrected chi connectivity index (χ2v) is 8.14. The van der Waals surface area contributed by atoms with Gasteiger partial charge in [0.05, 0.1) is 10.6 Å². The van der Waals surface area contributed by atoms with E-state index < -0.39 is 12.6 Å². The number of rotatable bonds is 7. The topological polar surface area (TPSA) is 77.3 Å². The molecule has 1 aromatic carbocycles. The van der Waals surface area contributed by atoms with Crippen molar-refractivity contribution in [2.75, 3.05) is 6.61 Å². The maximum absolute atomic E-state index is 13.3. The maximum atomic E-state index is 13.3. The first-order valence-corrected chi connectivity index (χ1v) is 10.4. The highest BCUT2D eigenvalue weighted by atomic mass is 32.1. The molecule has 3 rings (SSSR count). The molecule has 0 fully saturated rings. The third kappa shape index (κ3) is 4.73. The first-order valence-electron chi connectivity index (χ1n) is 9.53. The van der Waals surface area contributed by atoms with Gasteiger partial charge in [0.25, 0.3) is 11.7 Å². The average molecular weight is 431 g/mol. The number of benzene rings is 1. The Morgan fingerprint density at radius 3 is 2.37 bits per heavy atom. The van der Waals surface area contributed by atoms with E-state index in [1.807, 2.05) is 45.2 Å². The first kappa shape index (κ1) is 21.6. The smallest absolute Gasteiger partial charge is 0.378 e. The van der Waals surface area contributed by atoms with Crippen molar-refractivity contribution < 1.29 is 18.7 Å². The highest BCUT2D eigenvalue weighted by Gasteiger charge is 2.24. The summed E-state index contributed by atoms with van der Waals surface area (Å²) >= 11 is 1.43. The molecule has 0 spiro atoms. The van der Waals surface area contributed by atoms with E-state index in [-0.39, 0.29) is 29.6 Å². The number of esters is 1. The molecule has 1 amide bonds. The number of carbonyl (C=O) groups excluding carboxylic acids is 2. The molecule has 0 bridgehead atoms. The van der Waals surface area contributed by atoms with Gasteiger partial charge in [0, 0.05) is 12.1 Å². The summed E-state index contributed by atoms with van der Waals surface area (Å²) in [5, 5.41) is 6.13. The van der Waals surface area contributed by atoms with Crippen molar-refractivity contribution in [1.29, 1.82) is 0 Å². The van der Waals surface area contributed by atoms with Crippen LogP contribution in [0.2, 0.25) is 0 Å². The summed E-state index contributed by atoms with van der Waals surface area (Å²) in [6, 6.07) is 9.36. The predicted octanol–water partition coefficient (Wildman–Crippen LogP) is 3.94. The first-order chi connectivity index (χ1) is 14.3. The van der Waals surface area contributed by atoms with E-state index in [0.29, 0.717) is 11.5 Å². The molecule has 9 heteroatoms. The molecule has 0 radical (unpaired) electrons. The highest BCUT2D eigenvalue weighted by Crippen LogP contribution is 2.25. The Balaban J connectivity index is 1.84. The van der Waals surface area contributed by atoms with Crippen LogP contribution in [0.3, 0.4) is 0 Å². The van der Waals surface area contributed by atoms with E-state index >= 15 is 0 Å². The van der Waals surface area contributed by atoms with Crippen molar-refractivity contribution in [3.63, 3.8) is 0 Å². The Kier molecular flexibility index (Phi) is 6.61. The van der Waals surface area contributed by atoms with Crippen LogP contribution in [0, 0.1) is 5.82 Å². The van der Waals surface area contributed by atoms with E-state index in [4.69, 9.17) is 4.74 Å². The number of hydrogen-bond donors (Lipinski definition) is 0. The number of thiophene rings is 1. The largest absolute Gasteiger partial charge is 0.450 e. The van der Waals surface area contributed by atoms with Gasteiger partial charge in [-0.1, -0.05) is 6.07 Å². The number of ether oxygens (including phenoxy) is 1. The molecule has 0 aliphatic rings. The Labute approximate surface area is 178 Å². The fraction of sp³-hybridized carbons (Fsp3) is 0.333. The van der Waals surface area contributed by atoms with Crippen LogP contribution < -0.4 is 0 Å². The second-order valence-electron chi connectivity index (χ2n) is 7.19. The summed E-state index contributed by atoms with van der Waals surface area (Å²) < 4.78 is 20.0. The van der Waals surface area contributed by atoms with Crippen molar-refractivity contribution >= 4 is 23.2 Å². The second kappa shape index (κ2) is 9.17. The Bertz CT molecular complexity index is 1010. The van der Waals surface area contributed by atoms with Gasteiger partial charge in [-0.15, -0.1) is 16.4 Å². The molecular weight excluding hydrogens is 407 g/mol. The minimum absolute atomic E-state index is 0.0163.